The molecule has 0 spiro atoms. The van der Waals surface area contributed by atoms with Gasteiger partial charge < -0.3 is 4.89 Å². The lowest BCUT2D eigenvalue weighted by Crippen LogP contribution is -2.56. The van der Waals surface area contributed by atoms with Gasteiger partial charge in [0.15, 0.2) is 6.17 Å². The van der Waals surface area contributed by atoms with Crippen molar-refractivity contribution in [2.24, 2.45) is 0 Å². The minimum absolute atomic E-state index is 0.295. The molecule has 0 amide bonds. The third-order valence-corrected chi connectivity index (χ3v) is 3.86. The number of hydrogen-bond donors (Lipinski definition) is 1. The Morgan fingerprint density at radius 1 is 1.09 bits per heavy atom. The molecule has 12 heteroatoms. The van der Waals surface area contributed by atoms with Crippen LogP contribution in [0.1, 0.15) is 33.1 Å². The zero-order chi connectivity index (χ0) is 18.5. The summed E-state index contributed by atoms with van der Waals surface area (Å²) in [7, 11) is -5.00. The number of unbranched alkanes of at least 4 members (excludes halogenated alkanes) is 1. The fourth-order valence-corrected chi connectivity index (χ4v) is 2.44. The first-order valence-electron chi connectivity index (χ1n) is 6.67. The molecule has 0 heterocycles. The van der Waals surface area contributed by atoms with Crippen LogP contribution in [0.4, 0.5) is 30.7 Å². The van der Waals surface area contributed by atoms with E-state index < -0.39 is 44.8 Å². The van der Waals surface area contributed by atoms with Crippen LogP contribution in [0, 0.1) is 0 Å². The molecule has 0 aromatic rings. The Balaban J connectivity index is 5.12. The van der Waals surface area contributed by atoms with Crippen LogP contribution in [0.3, 0.4) is 0 Å². The van der Waals surface area contributed by atoms with Gasteiger partial charge in [-0.25, -0.2) is 17.7 Å². The van der Waals surface area contributed by atoms with Crippen LogP contribution in [-0.2, 0) is 13.6 Å². The highest BCUT2D eigenvalue weighted by molar-refractivity contribution is 7.47. The molecule has 0 aromatic carbocycles. The van der Waals surface area contributed by atoms with Crippen LogP contribution >= 0.6 is 7.82 Å². The van der Waals surface area contributed by atoms with Gasteiger partial charge in [0, 0.05) is 0 Å². The van der Waals surface area contributed by atoms with E-state index in [1.165, 1.54) is 0 Å². The summed E-state index contributed by atoms with van der Waals surface area (Å²) < 4.78 is 110. The van der Waals surface area contributed by atoms with Crippen molar-refractivity contribution in [3.05, 3.63) is 0 Å². The van der Waals surface area contributed by atoms with Crippen LogP contribution in [0.2, 0.25) is 0 Å². The van der Waals surface area contributed by atoms with Crippen LogP contribution in [0.15, 0.2) is 0 Å². The molecular formula is C11H18F7O4P. The van der Waals surface area contributed by atoms with Gasteiger partial charge in [-0.2, -0.15) is 17.6 Å². The van der Waals surface area contributed by atoms with Crippen molar-refractivity contribution in [1.29, 1.82) is 0 Å². The molecule has 140 valence electrons. The fourth-order valence-electron chi connectivity index (χ4n) is 1.42. The predicted molar refractivity (Wildman–Crippen MR) is 66.6 cm³/mol. The Labute approximate surface area is 128 Å². The summed E-state index contributed by atoms with van der Waals surface area (Å²) in [6.45, 7) is 2.37. The molecule has 23 heavy (non-hydrogen) atoms. The molecular weight excluding hydrogens is 360 g/mol. The zero-order valence-electron chi connectivity index (χ0n) is 12.3. The smallest absolute Gasteiger partial charge is 0.302 e. The summed E-state index contributed by atoms with van der Waals surface area (Å²) in [4.78, 5) is 9.23. The molecule has 3 atom stereocenters. The molecule has 0 aromatic heterocycles. The van der Waals surface area contributed by atoms with E-state index in [4.69, 9.17) is 0 Å². The van der Waals surface area contributed by atoms with E-state index >= 15 is 0 Å². The van der Waals surface area contributed by atoms with E-state index in [2.05, 4.69) is 9.05 Å². The van der Waals surface area contributed by atoms with Gasteiger partial charge in [-0.3, -0.25) is 9.05 Å². The second kappa shape index (κ2) is 8.64. The SMILES string of the molecule is CCCCOP(=O)(O)OC(CC)C(F)C(F)(F)C(F)(F)C(F)F. The summed E-state index contributed by atoms with van der Waals surface area (Å²) in [5.74, 6) is -11.8. The average molecular weight is 378 g/mol. The molecule has 0 aliphatic carbocycles. The molecule has 0 bridgehead atoms. The topological polar surface area (TPSA) is 55.8 Å². The first-order chi connectivity index (χ1) is 10.3. The predicted octanol–water partition coefficient (Wildman–Crippen LogP) is 4.57. The Bertz CT molecular complexity index is 408. The fraction of sp³-hybridized carbons (Fsp3) is 1.00. The Kier molecular flexibility index (Phi) is 8.50. The normalized spacial score (nSPS) is 18.7. The Morgan fingerprint density at radius 2 is 1.61 bits per heavy atom. The quantitative estimate of drug-likeness (QED) is 0.325. The molecule has 0 rings (SSSR count). The van der Waals surface area contributed by atoms with Crippen LogP contribution in [0.25, 0.3) is 0 Å². The number of phosphoric ester groups is 1. The van der Waals surface area contributed by atoms with Gasteiger partial charge >= 0.3 is 26.1 Å². The van der Waals surface area contributed by atoms with Crippen molar-refractivity contribution < 1.29 is 49.2 Å². The average Bonchev–Trinajstić information content (AvgIpc) is 2.43. The summed E-state index contributed by atoms with van der Waals surface area (Å²) in [6.07, 6.45) is -11.2. The van der Waals surface area contributed by atoms with Crippen molar-refractivity contribution in [3.8, 4) is 0 Å². The first kappa shape index (κ1) is 22.6. The van der Waals surface area contributed by atoms with Crippen molar-refractivity contribution in [3.63, 3.8) is 0 Å². The largest absolute Gasteiger partial charge is 0.472 e. The molecule has 0 radical (unpaired) electrons. The van der Waals surface area contributed by atoms with Crippen LogP contribution in [0.5, 0.6) is 0 Å². The summed E-state index contributed by atoms with van der Waals surface area (Å²) >= 11 is 0. The van der Waals surface area contributed by atoms with Crippen molar-refractivity contribution in [1.82, 2.24) is 0 Å². The first-order valence-corrected chi connectivity index (χ1v) is 8.16. The molecule has 0 aliphatic rings. The molecule has 0 saturated heterocycles. The van der Waals surface area contributed by atoms with E-state index in [1.807, 2.05) is 0 Å². The van der Waals surface area contributed by atoms with Gasteiger partial charge in [0.1, 0.15) is 6.10 Å². The maximum absolute atomic E-state index is 13.6. The number of rotatable bonds is 11. The molecule has 4 nitrogen and oxygen atoms in total. The minimum atomic E-state index is -5.97. The van der Waals surface area contributed by atoms with Gasteiger partial charge in [-0.15, -0.1) is 0 Å². The standard InChI is InChI=1S/C11H18F7O4P/c1-3-5-6-21-23(19,20)22-7(4-2)8(12)10(15,16)11(17,18)9(13)14/h7-9H,3-6H2,1-2H3,(H,19,20). The monoisotopic (exact) mass is 378 g/mol. The highest BCUT2D eigenvalue weighted by Gasteiger charge is 2.69. The second-order valence-corrected chi connectivity index (χ2v) is 6.06. The van der Waals surface area contributed by atoms with Crippen LogP contribution in [-0.4, -0.2) is 42.0 Å². The summed E-state index contributed by atoms with van der Waals surface area (Å²) in [5.41, 5.74) is 0. The molecule has 0 fully saturated rings. The maximum Gasteiger partial charge on any atom is 0.472 e. The third-order valence-electron chi connectivity index (χ3n) is 2.81. The Hall–Kier alpha value is -0.380. The third kappa shape index (κ3) is 5.88. The van der Waals surface area contributed by atoms with Gasteiger partial charge in [-0.1, -0.05) is 20.3 Å². The van der Waals surface area contributed by atoms with Gasteiger partial charge in [0.05, 0.1) is 6.61 Å². The molecule has 3 unspecified atom stereocenters. The van der Waals surface area contributed by atoms with Crippen LogP contribution < -0.4 is 0 Å². The van der Waals surface area contributed by atoms with E-state index in [9.17, 15) is 40.2 Å². The second-order valence-electron chi connectivity index (χ2n) is 4.66. The number of alkyl halides is 7. The van der Waals surface area contributed by atoms with E-state index in [0.29, 0.717) is 12.8 Å². The van der Waals surface area contributed by atoms with E-state index in [0.717, 1.165) is 6.92 Å². The molecule has 0 saturated carbocycles. The summed E-state index contributed by atoms with van der Waals surface area (Å²) in [5, 5.41) is 0. The van der Waals surface area contributed by atoms with Crippen molar-refractivity contribution in [2.45, 2.75) is 63.7 Å². The Morgan fingerprint density at radius 3 is 2.00 bits per heavy atom. The summed E-state index contributed by atoms with van der Waals surface area (Å²) in [6, 6.07) is 0. The highest BCUT2D eigenvalue weighted by Crippen LogP contribution is 2.50. The lowest BCUT2D eigenvalue weighted by atomic mass is 10.0. The van der Waals surface area contributed by atoms with E-state index in [-0.39, 0.29) is 6.61 Å². The zero-order valence-corrected chi connectivity index (χ0v) is 13.2. The lowest BCUT2D eigenvalue weighted by molar-refractivity contribution is -0.293. The van der Waals surface area contributed by atoms with Gasteiger partial charge in [0.2, 0.25) is 0 Å². The van der Waals surface area contributed by atoms with Crippen molar-refractivity contribution in [2.75, 3.05) is 6.61 Å². The van der Waals surface area contributed by atoms with Gasteiger partial charge in [-0.05, 0) is 12.8 Å². The lowest BCUT2D eigenvalue weighted by Gasteiger charge is -2.32. The molecule has 1 N–H and O–H groups in total. The molecule has 0 aliphatic heterocycles. The highest BCUT2D eigenvalue weighted by atomic mass is 31.2. The van der Waals surface area contributed by atoms with Crippen molar-refractivity contribution >= 4 is 7.82 Å². The van der Waals surface area contributed by atoms with Gasteiger partial charge in [0.25, 0.3) is 0 Å². The number of phosphoric acid groups is 1. The van der Waals surface area contributed by atoms with E-state index in [1.54, 1.807) is 6.92 Å². The number of halogens is 7. The maximum atomic E-state index is 13.6. The minimum Gasteiger partial charge on any atom is -0.302 e. The number of hydrogen-bond acceptors (Lipinski definition) is 3.